The van der Waals surface area contributed by atoms with Crippen molar-refractivity contribution in [3.63, 3.8) is 0 Å². The molecule has 0 saturated heterocycles. The van der Waals surface area contributed by atoms with Crippen molar-refractivity contribution in [2.45, 2.75) is 70.5 Å². The maximum absolute atomic E-state index is 4.69. The van der Waals surface area contributed by atoms with Crippen molar-refractivity contribution in [3.8, 4) is 0 Å². The lowest BCUT2D eigenvalue weighted by atomic mass is 9.87. The van der Waals surface area contributed by atoms with Gasteiger partial charge >= 0.3 is 0 Å². The zero-order chi connectivity index (χ0) is 13.5. The van der Waals surface area contributed by atoms with E-state index in [2.05, 4.69) is 24.2 Å². The van der Waals surface area contributed by atoms with Gasteiger partial charge in [0.1, 0.15) is 0 Å². The van der Waals surface area contributed by atoms with E-state index in [0.717, 1.165) is 30.2 Å². The molecule has 2 nitrogen and oxygen atoms in total. The zero-order valence-corrected chi connectivity index (χ0v) is 13.5. The number of nitrogens with zero attached hydrogens (tertiary/aromatic N) is 1. The average Bonchev–Trinajstić information content (AvgIpc) is 2.90. The molecule has 2 rings (SSSR count). The van der Waals surface area contributed by atoms with Gasteiger partial charge in [0.2, 0.25) is 0 Å². The summed E-state index contributed by atoms with van der Waals surface area (Å²) < 4.78 is 0. The van der Waals surface area contributed by atoms with Crippen LogP contribution < -0.4 is 5.32 Å². The van der Waals surface area contributed by atoms with Crippen molar-refractivity contribution in [1.29, 1.82) is 0 Å². The first-order valence-electron chi connectivity index (χ1n) is 8.28. The molecule has 1 fully saturated rings. The minimum absolute atomic E-state index is 0.729. The highest BCUT2D eigenvalue weighted by Gasteiger charge is 2.25. The van der Waals surface area contributed by atoms with Gasteiger partial charge in [0, 0.05) is 11.8 Å². The van der Waals surface area contributed by atoms with Gasteiger partial charge in [-0.05, 0) is 18.3 Å². The molecule has 1 atom stereocenters. The Hall–Kier alpha value is -0.180. The molecule has 2 aliphatic rings. The SMILES string of the molecule is CCC(CC)C1CN=C(NCCC2CCCCC2)S1. The van der Waals surface area contributed by atoms with Crippen molar-refractivity contribution >= 4 is 16.9 Å². The zero-order valence-electron chi connectivity index (χ0n) is 12.7. The Kier molecular flexibility index (Phi) is 6.55. The van der Waals surface area contributed by atoms with Crippen LogP contribution in [0.2, 0.25) is 0 Å². The van der Waals surface area contributed by atoms with Gasteiger partial charge in [0.25, 0.3) is 0 Å². The van der Waals surface area contributed by atoms with Gasteiger partial charge in [-0.25, -0.2) is 0 Å². The van der Waals surface area contributed by atoms with Crippen LogP contribution in [-0.4, -0.2) is 23.5 Å². The predicted octanol–water partition coefficient (Wildman–Crippen LogP) is 4.45. The van der Waals surface area contributed by atoms with Crippen molar-refractivity contribution in [2.24, 2.45) is 16.8 Å². The summed E-state index contributed by atoms with van der Waals surface area (Å²) in [4.78, 5) is 4.69. The van der Waals surface area contributed by atoms with Gasteiger partial charge in [0.15, 0.2) is 5.17 Å². The molecule has 3 heteroatoms. The molecule has 0 radical (unpaired) electrons. The van der Waals surface area contributed by atoms with Gasteiger partial charge in [-0.1, -0.05) is 70.6 Å². The van der Waals surface area contributed by atoms with Crippen LogP contribution in [0.5, 0.6) is 0 Å². The quantitative estimate of drug-likeness (QED) is 0.778. The first kappa shape index (κ1) is 15.2. The van der Waals surface area contributed by atoms with Crippen LogP contribution in [0.15, 0.2) is 4.99 Å². The molecule has 1 N–H and O–H groups in total. The maximum atomic E-state index is 4.69. The number of thioether (sulfide) groups is 1. The number of amidine groups is 1. The largest absolute Gasteiger partial charge is 0.365 e. The molecular weight excluding hydrogens is 252 g/mol. The third kappa shape index (κ3) is 4.70. The lowest BCUT2D eigenvalue weighted by molar-refractivity contribution is 0.339. The summed E-state index contributed by atoms with van der Waals surface area (Å²) in [6.45, 7) is 6.78. The summed E-state index contributed by atoms with van der Waals surface area (Å²) in [5.74, 6) is 1.81. The molecule has 0 amide bonds. The van der Waals surface area contributed by atoms with E-state index in [4.69, 9.17) is 0 Å². The third-order valence-corrected chi connectivity index (χ3v) is 6.14. The lowest BCUT2D eigenvalue weighted by Gasteiger charge is -2.22. The molecule has 19 heavy (non-hydrogen) atoms. The summed E-state index contributed by atoms with van der Waals surface area (Å²) in [7, 11) is 0. The van der Waals surface area contributed by atoms with Gasteiger partial charge < -0.3 is 5.32 Å². The Bertz CT molecular complexity index is 280. The van der Waals surface area contributed by atoms with E-state index in [0.29, 0.717) is 0 Å². The fourth-order valence-corrected chi connectivity index (χ4v) is 4.75. The Morgan fingerprint density at radius 2 is 1.95 bits per heavy atom. The van der Waals surface area contributed by atoms with Gasteiger partial charge in [0.05, 0.1) is 6.54 Å². The van der Waals surface area contributed by atoms with E-state index in [9.17, 15) is 0 Å². The Balaban J connectivity index is 1.62. The van der Waals surface area contributed by atoms with E-state index in [-0.39, 0.29) is 0 Å². The van der Waals surface area contributed by atoms with Crippen LogP contribution in [0.4, 0.5) is 0 Å². The summed E-state index contributed by atoms with van der Waals surface area (Å²) in [6.07, 6.45) is 11.2. The third-order valence-electron chi connectivity index (χ3n) is 4.81. The molecule has 0 aromatic carbocycles. The fourth-order valence-electron chi connectivity index (χ4n) is 3.41. The number of rotatable bonds is 6. The van der Waals surface area contributed by atoms with Crippen molar-refractivity contribution in [3.05, 3.63) is 0 Å². The molecule has 0 aromatic rings. The number of hydrogen-bond acceptors (Lipinski definition) is 3. The molecule has 0 spiro atoms. The molecule has 0 bridgehead atoms. The summed E-state index contributed by atoms with van der Waals surface area (Å²) in [5.41, 5.74) is 0. The van der Waals surface area contributed by atoms with Crippen LogP contribution in [0.1, 0.15) is 65.2 Å². The molecule has 1 aliphatic heterocycles. The Morgan fingerprint density at radius 1 is 1.21 bits per heavy atom. The van der Waals surface area contributed by atoms with Crippen molar-refractivity contribution < 1.29 is 0 Å². The van der Waals surface area contributed by atoms with E-state index in [1.165, 1.54) is 56.5 Å². The highest BCUT2D eigenvalue weighted by atomic mass is 32.2. The first-order valence-corrected chi connectivity index (χ1v) is 9.16. The minimum Gasteiger partial charge on any atom is -0.365 e. The second kappa shape index (κ2) is 8.18. The van der Waals surface area contributed by atoms with Crippen LogP contribution >= 0.6 is 11.8 Å². The molecule has 1 saturated carbocycles. The van der Waals surface area contributed by atoms with Crippen LogP contribution in [0, 0.1) is 11.8 Å². The molecule has 1 heterocycles. The highest BCUT2D eigenvalue weighted by Crippen LogP contribution is 2.30. The highest BCUT2D eigenvalue weighted by molar-refractivity contribution is 8.14. The number of hydrogen-bond donors (Lipinski definition) is 1. The van der Waals surface area contributed by atoms with Crippen LogP contribution in [0.25, 0.3) is 0 Å². The monoisotopic (exact) mass is 282 g/mol. The van der Waals surface area contributed by atoms with Crippen LogP contribution in [-0.2, 0) is 0 Å². The van der Waals surface area contributed by atoms with E-state index < -0.39 is 0 Å². The number of aliphatic imine (C=N–C) groups is 1. The number of nitrogens with one attached hydrogen (secondary N) is 1. The molecular formula is C16H30N2S. The Morgan fingerprint density at radius 3 is 2.63 bits per heavy atom. The van der Waals surface area contributed by atoms with Gasteiger partial charge in [-0.2, -0.15) is 0 Å². The molecule has 110 valence electrons. The van der Waals surface area contributed by atoms with Crippen molar-refractivity contribution in [1.82, 2.24) is 5.32 Å². The maximum Gasteiger partial charge on any atom is 0.156 e. The molecule has 0 aromatic heterocycles. The van der Waals surface area contributed by atoms with E-state index >= 15 is 0 Å². The summed E-state index contributed by atoms with van der Waals surface area (Å²) in [6, 6.07) is 0. The fraction of sp³-hybridized carbons (Fsp3) is 0.938. The first-order chi connectivity index (χ1) is 9.33. The summed E-state index contributed by atoms with van der Waals surface area (Å²) >= 11 is 1.99. The van der Waals surface area contributed by atoms with Crippen LogP contribution in [0.3, 0.4) is 0 Å². The van der Waals surface area contributed by atoms with E-state index in [1.807, 2.05) is 11.8 Å². The standard InChI is InChI=1S/C16H30N2S/c1-3-14(4-2)15-12-18-16(19-15)17-11-10-13-8-6-5-7-9-13/h13-15H,3-12H2,1-2H3,(H,17,18). The second-order valence-electron chi connectivity index (χ2n) is 6.10. The minimum atomic E-state index is 0.729. The lowest BCUT2D eigenvalue weighted by Crippen LogP contribution is -2.24. The molecule has 1 aliphatic carbocycles. The average molecular weight is 282 g/mol. The summed E-state index contributed by atoms with van der Waals surface area (Å²) in [5, 5.41) is 5.52. The predicted molar refractivity (Wildman–Crippen MR) is 86.9 cm³/mol. The van der Waals surface area contributed by atoms with Gasteiger partial charge in [-0.15, -0.1) is 0 Å². The second-order valence-corrected chi connectivity index (χ2v) is 7.33. The van der Waals surface area contributed by atoms with E-state index in [1.54, 1.807) is 0 Å². The molecule has 1 unspecified atom stereocenters. The van der Waals surface area contributed by atoms with Crippen molar-refractivity contribution in [2.75, 3.05) is 13.1 Å². The topological polar surface area (TPSA) is 24.4 Å². The normalized spacial score (nSPS) is 24.8. The smallest absolute Gasteiger partial charge is 0.156 e. The van der Waals surface area contributed by atoms with Gasteiger partial charge in [-0.3, -0.25) is 4.99 Å². The Labute approximate surface area is 123 Å².